The molecule has 0 radical (unpaired) electrons. The highest BCUT2D eigenvalue weighted by Gasteiger charge is 2.19. The molecule has 10 nitrogen and oxygen atoms in total. The molecule has 0 atom stereocenters. The molecular weight excluding hydrogens is 391 g/mol. The molecule has 0 saturated carbocycles. The molecule has 0 aliphatic rings. The predicted octanol–water partition coefficient (Wildman–Crippen LogP) is 2.13. The largest absolute Gasteiger partial charge is 0.382 e. The smallest absolute Gasteiger partial charge is 0.329 e. The maximum Gasteiger partial charge on any atom is 0.329 e. The summed E-state index contributed by atoms with van der Waals surface area (Å²) in [5, 5.41) is 5.17. The van der Waals surface area contributed by atoms with Crippen LogP contribution in [0, 0.1) is 5.82 Å². The molecule has 0 saturated heterocycles. The van der Waals surface area contributed by atoms with Crippen molar-refractivity contribution in [2.75, 3.05) is 16.9 Å². The number of anilines is 3. The lowest BCUT2D eigenvalue weighted by molar-refractivity contribution is -0.137. The highest BCUT2D eigenvalue weighted by molar-refractivity contribution is 5.90. The third kappa shape index (κ3) is 3.55. The highest BCUT2D eigenvalue weighted by Crippen LogP contribution is 2.30. The van der Waals surface area contributed by atoms with Crippen molar-refractivity contribution >= 4 is 34.3 Å². The Morgan fingerprint density at radius 3 is 2.60 bits per heavy atom. The van der Waals surface area contributed by atoms with Gasteiger partial charge in [0.2, 0.25) is 0 Å². The van der Waals surface area contributed by atoms with Gasteiger partial charge in [0.1, 0.15) is 11.5 Å². The van der Waals surface area contributed by atoms with E-state index in [-0.39, 0.29) is 35.5 Å². The summed E-state index contributed by atoms with van der Waals surface area (Å²) in [6.45, 7) is 1.38. The molecular formula is C19H17FN8O2. The minimum atomic E-state index is -0.582. The second-order valence-electron chi connectivity index (χ2n) is 6.36. The number of pyridine rings is 1. The fourth-order valence-electron chi connectivity index (χ4n) is 2.90. The van der Waals surface area contributed by atoms with E-state index in [2.05, 4.69) is 25.5 Å². The van der Waals surface area contributed by atoms with E-state index >= 15 is 0 Å². The molecule has 4 rings (SSSR count). The van der Waals surface area contributed by atoms with Crippen molar-refractivity contribution in [2.45, 2.75) is 13.5 Å². The fourth-order valence-corrected chi connectivity index (χ4v) is 2.90. The lowest BCUT2D eigenvalue weighted by atomic mass is 10.2. The number of hydrogen-bond acceptors (Lipinski definition) is 9. The summed E-state index contributed by atoms with van der Waals surface area (Å²) in [6.07, 6.45) is 1.61. The Kier molecular flexibility index (Phi) is 4.84. The number of carbonyl (C=O) groups is 1. The van der Waals surface area contributed by atoms with Gasteiger partial charge >= 0.3 is 5.97 Å². The molecule has 30 heavy (non-hydrogen) atoms. The normalized spacial score (nSPS) is 10.9. The molecule has 0 spiro atoms. The first-order chi connectivity index (χ1) is 14.4. The number of rotatable bonds is 5. The molecule has 0 unspecified atom stereocenters. The van der Waals surface area contributed by atoms with Crippen LogP contribution < -0.4 is 16.9 Å². The molecule has 11 heteroatoms. The number of nitrogens with one attached hydrogen (secondary N) is 1. The third-order valence-corrected chi connectivity index (χ3v) is 4.26. The third-order valence-electron chi connectivity index (χ3n) is 4.26. The van der Waals surface area contributed by atoms with Crippen LogP contribution in [-0.4, -0.2) is 30.7 Å². The van der Waals surface area contributed by atoms with E-state index in [0.29, 0.717) is 22.3 Å². The SMILES string of the molecule is CC(=O)ONc1c(N)nc(-c2nn(Cc3ccccc3F)c3ncccc23)nc1N. The minimum Gasteiger partial charge on any atom is -0.382 e. The zero-order chi connectivity index (χ0) is 21.3. The van der Waals surface area contributed by atoms with E-state index in [9.17, 15) is 9.18 Å². The molecule has 4 aromatic rings. The summed E-state index contributed by atoms with van der Waals surface area (Å²) in [5.41, 5.74) is 15.7. The number of nitrogens with zero attached hydrogens (tertiary/aromatic N) is 5. The van der Waals surface area contributed by atoms with Crippen LogP contribution in [0.4, 0.5) is 21.7 Å². The summed E-state index contributed by atoms with van der Waals surface area (Å²) >= 11 is 0. The summed E-state index contributed by atoms with van der Waals surface area (Å²) in [7, 11) is 0. The quantitative estimate of drug-likeness (QED) is 0.422. The molecule has 0 amide bonds. The average Bonchev–Trinajstić information content (AvgIpc) is 3.07. The van der Waals surface area contributed by atoms with Crippen molar-refractivity contribution < 1.29 is 14.0 Å². The van der Waals surface area contributed by atoms with Gasteiger partial charge in [-0.1, -0.05) is 18.2 Å². The highest BCUT2D eigenvalue weighted by atomic mass is 19.1. The molecule has 5 N–H and O–H groups in total. The predicted molar refractivity (Wildman–Crippen MR) is 108 cm³/mol. The molecule has 152 valence electrons. The van der Waals surface area contributed by atoms with Crippen LogP contribution in [0.1, 0.15) is 12.5 Å². The molecule has 0 aliphatic carbocycles. The van der Waals surface area contributed by atoms with Gasteiger partial charge in [0.15, 0.2) is 28.8 Å². The second kappa shape index (κ2) is 7.62. The standard InChI is InChI=1S/C19H17FN8O2/c1-10(29)30-27-15-16(21)24-18(25-17(15)22)14-12-6-4-8-23-19(12)28(26-14)9-11-5-2-3-7-13(11)20/h2-8,27H,9H2,1H3,(H4,21,22,24,25). The zero-order valence-corrected chi connectivity index (χ0v) is 15.8. The number of benzene rings is 1. The van der Waals surface area contributed by atoms with Gasteiger partial charge in [-0.15, -0.1) is 0 Å². The maximum atomic E-state index is 14.1. The van der Waals surface area contributed by atoms with Crippen LogP contribution in [0.2, 0.25) is 0 Å². The van der Waals surface area contributed by atoms with Crippen LogP contribution in [0.3, 0.4) is 0 Å². The van der Waals surface area contributed by atoms with Crippen molar-refractivity contribution in [3.05, 3.63) is 54.0 Å². The molecule has 0 bridgehead atoms. The summed E-state index contributed by atoms with van der Waals surface area (Å²) in [4.78, 5) is 28.5. The van der Waals surface area contributed by atoms with E-state index in [1.807, 2.05) is 0 Å². The fraction of sp³-hybridized carbons (Fsp3) is 0.105. The van der Waals surface area contributed by atoms with Crippen LogP contribution in [0.15, 0.2) is 42.6 Å². The second-order valence-corrected chi connectivity index (χ2v) is 6.36. The Balaban J connectivity index is 1.78. The monoisotopic (exact) mass is 408 g/mol. The van der Waals surface area contributed by atoms with Gasteiger partial charge in [-0.25, -0.2) is 29.5 Å². The summed E-state index contributed by atoms with van der Waals surface area (Å²) in [5.74, 6) is -0.825. The van der Waals surface area contributed by atoms with Crippen molar-refractivity contribution in [1.29, 1.82) is 0 Å². The van der Waals surface area contributed by atoms with Gasteiger partial charge in [-0.3, -0.25) is 4.79 Å². The Morgan fingerprint density at radius 1 is 1.17 bits per heavy atom. The van der Waals surface area contributed by atoms with Crippen LogP contribution in [0.25, 0.3) is 22.6 Å². The number of halogens is 1. The molecule has 3 heterocycles. The van der Waals surface area contributed by atoms with Gasteiger partial charge in [0, 0.05) is 18.7 Å². The van der Waals surface area contributed by atoms with Crippen LogP contribution >= 0.6 is 0 Å². The topological polar surface area (TPSA) is 147 Å². The number of nitrogens with two attached hydrogens (primary N) is 2. The summed E-state index contributed by atoms with van der Waals surface area (Å²) in [6, 6.07) is 9.96. The van der Waals surface area contributed by atoms with Crippen molar-refractivity contribution in [3.63, 3.8) is 0 Å². The van der Waals surface area contributed by atoms with Gasteiger partial charge in [-0.05, 0) is 18.2 Å². The Labute approximate surface area is 169 Å². The van der Waals surface area contributed by atoms with E-state index in [1.54, 1.807) is 41.2 Å². The first-order valence-corrected chi connectivity index (χ1v) is 8.85. The Hall–Kier alpha value is -4.28. The minimum absolute atomic E-state index is 0.0283. The maximum absolute atomic E-state index is 14.1. The Bertz CT molecular complexity index is 1230. The van der Waals surface area contributed by atoms with Crippen molar-refractivity contribution in [2.24, 2.45) is 0 Å². The Morgan fingerprint density at radius 2 is 1.90 bits per heavy atom. The van der Waals surface area contributed by atoms with Gasteiger partial charge in [0.05, 0.1) is 11.9 Å². The molecule has 0 aliphatic heterocycles. The number of nitrogen functional groups attached to an aromatic ring is 2. The average molecular weight is 408 g/mol. The van der Waals surface area contributed by atoms with E-state index in [4.69, 9.17) is 16.3 Å². The number of aromatic nitrogens is 5. The van der Waals surface area contributed by atoms with Crippen molar-refractivity contribution in [3.8, 4) is 11.5 Å². The van der Waals surface area contributed by atoms with Crippen molar-refractivity contribution in [1.82, 2.24) is 24.7 Å². The van der Waals surface area contributed by atoms with Gasteiger partial charge in [-0.2, -0.15) is 5.10 Å². The number of hydrogen-bond donors (Lipinski definition) is 3. The first-order valence-electron chi connectivity index (χ1n) is 8.85. The number of fused-ring (bicyclic) bond motifs is 1. The van der Waals surface area contributed by atoms with E-state index in [0.717, 1.165) is 0 Å². The van der Waals surface area contributed by atoms with E-state index < -0.39 is 5.97 Å². The molecule has 0 fully saturated rings. The summed E-state index contributed by atoms with van der Waals surface area (Å²) < 4.78 is 15.7. The lowest BCUT2D eigenvalue weighted by Gasteiger charge is -2.10. The molecule has 1 aromatic carbocycles. The van der Waals surface area contributed by atoms with Gasteiger partial charge in [0.25, 0.3) is 0 Å². The molecule has 3 aromatic heterocycles. The van der Waals surface area contributed by atoms with Gasteiger partial charge < -0.3 is 16.3 Å². The van der Waals surface area contributed by atoms with E-state index in [1.165, 1.54) is 13.0 Å². The lowest BCUT2D eigenvalue weighted by Crippen LogP contribution is -2.13. The van der Waals surface area contributed by atoms with Crippen LogP contribution in [0.5, 0.6) is 0 Å². The zero-order valence-electron chi connectivity index (χ0n) is 15.8. The van der Waals surface area contributed by atoms with Crippen LogP contribution in [-0.2, 0) is 16.2 Å². The number of carbonyl (C=O) groups excluding carboxylic acids is 1. The first kappa shape index (κ1) is 19.1.